The van der Waals surface area contributed by atoms with Crippen molar-refractivity contribution in [2.45, 2.75) is 0 Å². The Morgan fingerprint density at radius 2 is 1.90 bits per heavy atom. The minimum atomic E-state index is -0.369. The maximum absolute atomic E-state index is 13.0. The molecule has 3 rings (SSSR count). The minimum absolute atomic E-state index is 0.313. The van der Waals surface area contributed by atoms with E-state index in [2.05, 4.69) is 10.3 Å². The lowest BCUT2D eigenvalue weighted by atomic mass is 10.3. The van der Waals surface area contributed by atoms with E-state index in [1.807, 2.05) is 41.1 Å². The van der Waals surface area contributed by atoms with Crippen molar-refractivity contribution < 1.29 is 4.39 Å². The van der Waals surface area contributed by atoms with Crippen LogP contribution in [-0.4, -0.2) is 9.55 Å². The van der Waals surface area contributed by atoms with Gasteiger partial charge in [-0.1, -0.05) is 29.8 Å². The summed E-state index contributed by atoms with van der Waals surface area (Å²) in [5, 5.41) is 3.41. The first-order chi connectivity index (χ1) is 9.74. The van der Waals surface area contributed by atoms with Crippen LogP contribution in [0.4, 0.5) is 16.0 Å². The maximum atomic E-state index is 13.0. The van der Waals surface area contributed by atoms with Gasteiger partial charge in [-0.3, -0.25) is 4.57 Å². The summed E-state index contributed by atoms with van der Waals surface area (Å²) in [6.07, 6.45) is 3.53. The fourth-order valence-electron chi connectivity index (χ4n) is 1.90. The lowest BCUT2D eigenvalue weighted by molar-refractivity contribution is 0.628. The minimum Gasteiger partial charge on any atom is -0.324 e. The van der Waals surface area contributed by atoms with Crippen molar-refractivity contribution in [1.82, 2.24) is 9.55 Å². The van der Waals surface area contributed by atoms with Gasteiger partial charge in [0.05, 0.1) is 10.7 Å². The van der Waals surface area contributed by atoms with Crippen LogP contribution in [0, 0.1) is 5.82 Å². The second-order valence-corrected chi connectivity index (χ2v) is 4.61. The third kappa shape index (κ3) is 2.51. The normalized spacial score (nSPS) is 10.5. The second-order valence-electron chi connectivity index (χ2n) is 4.21. The van der Waals surface area contributed by atoms with E-state index in [9.17, 15) is 4.39 Å². The number of nitrogens with zero attached hydrogens (tertiary/aromatic N) is 2. The Hall–Kier alpha value is -2.33. The van der Waals surface area contributed by atoms with Gasteiger partial charge in [0.15, 0.2) is 0 Å². The Kier molecular flexibility index (Phi) is 3.39. The summed E-state index contributed by atoms with van der Waals surface area (Å²) in [5.74, 6) is 0.247. The summed E-state index contributed by atoms with van der Waals surface area (Å²) in [4.78, 5) is 4.25. The molecule has 0 saturated heterocycles. The van der Waals surface area contributed by atoms with Crippen LogP contribution < -0.4 is 5.32 Å². The molecule has 3 aromatic rings. The number of aromatic nitrogens is 2. The van der Waals surface area contributed by atoms with Crippen LogP contribution in [0.1, 0.15) is 0 Å². The van der Waals surface area contributed by atoms with E-state index in [-0.39, 0.29) is 5.82 Å². The van der Waals surface area contributed by atoms with Crippen LogP contribution in [0.2, 0.25) is 5.02 Å². The zero-order valence-corrected chi connectivity index (χ0v) is 11.2. The summed E-state index contributed by atoms with van der Waals surface area (Å²) in [7, 11) is 0. The molecule has 1 N–H and O–H groups in total. The molecule has 5 heteroatoms. The van der Waals surface area contributed by atoms with Crippen LogP contribution >= 0.6 is 11.6 Å². The monoisotopic (exact) mass is 287 g/mol. The number of anilines is 2. The van der Waals surface area contributed by atoms with Gasteiger partial charge in [-0.05, 0) is 30.3 Å². The molecular formula is C15H11ClFN3. The number of hydrogen-bond acceptors (Lipinski definition) is 2. The largest absolute Gasteiger partial charge is 0.324 e. The average Bonchev–Trinajstić information content (AvgIpc) is 2.91. The van der Waals surface area contributed by atoms with E-state index in [1.54, 1.807) is 12.3 Å². The van der Waals surface area contributed by atoms with Crippen molar-refractivity contribution >= 4 is 23.2 Å². The van der Waals surface area contributed by atoms with Crippen LogP contribution in [0.25, 0.3) is 5.69 Å². The highest BCUT2D eigenvalue weighted by atomic mass is 35.5. The van der Waals surface area contributed by atoms with Gasteiger partial charge in [-0.15, -0.1) is 0 Å². The van der Waals surface area contributed by atoms with E-state index in [4.69, 9.17) is 11.6 Å². The first-order valence-electron chi connectivity index (χ1n) is 6.05. The molecule has 0 aliphatic heterocycles. The molecular weight excluding hydrogens is 277 g/mol. The lowest BCUT2D eigenvalue weighted by Crippen LogP contribution is -2.01. The number of halogens is 2. The van der Waals surface area contributed by atoms with Crippen molar-refractivity contribution in [2.24, 2.45) is 0 Å². The summed E-state index contributed by atoms with van der Waals surface area (Å²) in [6.45, 7) is 0. The molecule has 100 valence electrons. The Morgan fingerprint density at radius 1 is 1.10 bits per heavy atom. The fourth-order valence-corrected chi connectivity index (χ4v) is 2.12. The SMILES string of the molecule is Fc1ccc(Nc2nccn2-c2ccccc2)c(Cl)c1. The molecule has 0 aliphatic carbocycles. The molecule has 0 atom stereocenters. The Morgan fingerprint density at radius 3 is 2.65 bits per heavy atom. The highest BCUT2D eigenvalue weighted by Gasteiger charge is 2.07. The molecule has 0 aliphatic rings. The fraction of sp³-hybridized carbons (Fsp3) is 0. The van der Waals surface area contributed by atoms with Crippen molar-refractivity contribution in [1.29, 1.82) is 0 Å². The molecule has 0 spiro atoms. The molecule has 0 amide bonds. The van der Waals surface area contributed by atoms with Crippen molar-refractivity contribution in [2.75, 3.05) is 5.32 Å². The lowest BCUT2D eigenvalue weighted by Gasteiger charge is -2.11. The zero-order valence-electron chi connectivity index (χ0n) is 10.4. The highest BCUT2D eigenvalue weighted by molar-refractivity contribution is 6.33. The van der Waals surface area contributed by atoms with E-state index in [1.165, 1.54) is 12.1 Å². The van der Waals surface area contributed by atoms with Crippen molar-refractivity contribution in [3.8, 4) is 5.69 Å². The zero-order chi connectivity index (χ0) is 13.9. The Balaban J connectivity index is 1.95. The molecule has 0 saturated carbocycles. The highest BCUT2D eigenvalue weighted by Crippen LogP contribution is 2.26. The molecule has 2 aromatic carbocycles. The predicted molar refractivity (Wildman–Crippen MR) is 78.3 cm³/mol. The Labute approximate surface area is 120 Å². The molecule has 20 heavy (non-hydrogen) atoms. The number of para-hydroxylation sites is 1. The van der Waals surface area contributed by atoms with Gasteiger partial charge in [0.1, 0.15) is 5.82 Å². The van der Waals surface area contributed by atoms with E-state index in [0.717, 1.165) is 5.69 Å². The molecule has 1 aromatic heterocycles. The predicted octanol–water partition coefficient (Wildman–Crippen LogP) is 4.41. The van der Waals surface area contributed by atoms with Crippen molar-refractivity contribution in [3.63, 3.8) is 0 Å². The number of benzene rings is 2. The van der Waals surface area contributed by atoms with E-state index in [0.29, 0.717) is 16.7 Å². The van der Waals surface area contributed by atoms with Gasteiger partial charge >= 0.3 is 0 Å². The van der Waals surface area contributed by atoms with Crippen LogP contribution in [0.5, 0.6) is 0 Å². The van der Waals surface area contributed by atoms with E-state index >= 15 is 0 Å². The van der Waals surface area contributed by atoms with Gasteiger partial charge in [-0.2, -0.15) is 0 Å². The first-order valence-corrected chi connectivity index (χ1v) is 6.43. The van der Waals surface area contributed by atoms with Gasteiger partial charge in [-0.25, -0.2) is 9.37 Å². The number of nitrogens with one attached hydrogen (secondary N) is 1. The van der Waals surface area contributed by atoms with Crippen molar-refractivity contribution in [3.05, 3.63) is 71.8 Å². The number of imidazole rings is 1. The summed E-state index contributed by atoms with van der Waals surface area (Å²) in [6, 6.07) is 14.0. The van der Waals surface area contributed by atoms with Crippen LogP contribution in [0.15, 0.2) is 60.9 Å². The Bertz CT molecular complexity index is 725. The van der Waals surface area contributed by atoms with Crippen LogP contribution in [0.3, 0.4) is 0 Å². The number of rotatable bonds is 3. The molecule has 0 bridgehead atoms. The standard InChI is InChI=1S/C15H11ClFN3/c16-13-10-11(17)6-7-14(13)19-15-18-8-9-20(15)12-4-2-1-3-5-12/h1-10H,(H,18,19). The molecule has 1 heterocycles. The molecule has 0 radical (unpaired) electrons. The van der Waals surface area contributed by atoms with E-state index < -0.39 is 0 Å². The summed E-state index contributed by atoms with van der Waals surface area (Å²) < 4.78 is 14.9. The van der Waals surface area contributed by atoms with Gasteiger partial charge < -0.3 is 5.32 Å². The summed E-state index contributed by atoms with van der Waals surface area (Å²) >= 11 is 6.01. The number of hydrogen-bond donors (Lipinski definition) is 1. The quantitative estimate of drug-likeness (QED) is 0.773. The maximum Gasteiger partial charge on any atom is 0.212 e. The molecule has 0 fully saturated rings. The van der Waals surface area contributed by atoms with Gasteiger partial charge in [0.2, 0.25) is 5.95 Å². The molecule has 3 nitrogen and oxygen atoms in total. The van der Waals surface area contributed by atoms with Gasteiger partial charge in [0, 0.05) is 18.1 Å². The topological polar surface area (TPSA) is 29.9 Å². The third-order valence-corrected chi connectivity index (χ3v) is 3.17. The van der Waals surface area contributed by atoms with Crippen LogP contribution in [-0.2, 0) is 0 Å². The molecule has 0 unspecified atom stereocenters. The summed E-state index contributed by atoms with van der Waals surface area (Å²) in [5.41, 5.74) is 1.59. The smallest absolute Gasteiger partial charge is 0.212 e. The third-order valence-electron chi connectivity index (χ3n) is 2.85. The average molecular weight is 288 g/mol. The second kappa shape index (κ2) is 5.35. The first kappa shape index (κ1) is 12.7. The van der Waals surface area contributed by atoms with Gasteiger partial charge in [0.25, 0.3) is 0 Å².